The summed E-state index contributed by atoms with van der Waals surface area (Å²) in [4.78, 5) is 18.7. The number of H-pyrrole nitrogens is 1. The first-order chi connectivity index (χ1) is 9.99. The molecule has 0 aromatic carbocycles. The standard InChI is InChI=1S/C12H16N4O3S2/c1-9(12-13-6-7-14-12)16-10(17)4-5-15-21(18,19)11-3-2-8-20-11/h2-3,6-9,15H,4-5H2,1H3,(H,13,14)(H,16,17). The lowest BCUT2D eigenvalue weighted by Crippen LogP contribution is -2.32. The first-order valence-corrected chi connectivity index (χ1v) is 8.67. The van der Waals surface area contributed by atoms with Gasteiger partial charge in [0.25, 0.3) is 0 Å². The average Bonchev–Trinajstić information content (AvgIpc) is 3.12. The number of aromatic nitrogens is 2. The largest absolute Gasteiger partial charge is 0.347 e. The molecule has 0 saturated carbocycles. The molecule has 21 heavy (non-hydrogen) atoms. The molecular weight excluding hydrogens is 312 g/mol. The van der Waals surface area contributed by atoms with Gasteiger partial charge in [-0.1, -0.05) is 6.07 Å². The summed E-state index contributed by atoms with van der Waals surface area (Å²) in [7, 11) is -3.51. The fraction of sp³-hybridized carbons (Fsp3) is 0.333. The Kier molecular flexibility index (Phi) is 5.10. The molecule has 3 N–H and O–H groups in total. The summed E-state index contributed by atoms with van der Waals surface area (Å²) >= 11 is 1.13. The lowest BCUT2D eigenvalue weighted by molar-refractivity contribution is -0.121. The highest BCUT2D eigenvalue weighted by molar-refractivity contribution is 7.91. The number of sulfonamides is 1. The van der Waals surface area contributed by atoms with Crippen LogP contribution in [0.15, 0.2) is 34.1 Å². The van der Waals surface area contributed by atoms with Crippen LogP contribution in [0.5, 0.6) is 0 Å². The molecular formula is C12H16N4O3S2. The molecule has 7 nitrogen and oxygen atoms in total. The van der Waals surface area contributed by atoms with Crippen LogP contribution in [-0.2, 0) is 14.8 Å². The van der Waals surface area contributed by atoms with Crippen molar-refractivity contribution in [2.24, 2.45) is 0 Å². The predicted octanol–water partition coefficient (Wildman–Crippen LogP) is 1.02. The maximum atomic E-state index is 11.8. The summed E-state index contributed by atoms with van der Waals surface area (Å²) in [5.74, 6) is 0.412. The number of rotatable bonds is 7. The van der Waals surface area contributed by atoms with E-state index in [1.807, 2.05) is 0 Å². The number of carbonyl (C=O) groups excluding carboxylic acids is 1. The van der Waals surface area contributed by atoms with Gasteiger partial charge in [0.15, 0.2) is 0 Å². The molecule has 0 saturated heterocycles. The first-order valence-electron chi connectivity index (χ1n) is 6.31. The van der Waals surface area contributed by atoms with Gasteiger partial charge in [-0.3, -0.25) is 4.79 Å². The van der Waals surface area contributed by atoms with Crippen LogP contribution < -0.4 is 10.0 Å². The summed E-state index contributed by atoms with van der Waals surface area (Å²) in [6, 6.07) is 2.93. The Morgan fingerprint density at radius 1 is 1.52 bits per heavy atom. The minimum atomic E-state index is -3.51. The van der Waals surface area contributed by atoms with E-state index in [9.17, 15) is 13.2 Å². The van der Waals surface area contributed by atoms with Crippen LogP contribution in [0.4, 0.5) is 0 Å². The highest BCUT2D eigenvalue weighted by atomic mass is 32.2. The van der Waals surface area contributed by atoms with Gasteiger partial charge in [-0.2, -0.15) is 0 Å². The van der Waals surface area contributed by atoms with E-state index in [4.69, 9.17) is 0 Å². The van der Waals surface area contributed by atoms with E-state index in [0.717, 1.165) is 11.3 Å². The highest BCUT2D eigenvalue weighted by Gasteiger charge is 2.16. The van der Waals surface area contributed by atoms with Crippen molar-refractivity contribution in [2.75, 3.05) is 6.54 Å². The van der Waals surface area contributed by atoms with Crippen molar-refractivity contribution in [3.8, 4) is 0 Å². The zero-order chi connectivity index (χ0) is 15.3. The number of amides is 1. The van der Waals surface area contributed by atoms with Crippen LogP contribution in [0.1, 0.15) is 25.2 Å². The Morgan fingerprint density at radius 3 is 2.95 bits per heavy atom. The van der Waals surface area contributed by atoms with Crippen LogP contribution >= 0.6 is 11.3 Å². The van der Waals surface area contributed by atoms with E-state index in [-0.39, 0.29) is 29.1 Å². The first kappa shape index (κ1) is 15.7. The molecule has 0 bridgehead atoms. The molecule has 0 fully saturated rings. The SMILES string of the molecule is CC(NC(=O)CCNS(=O)(=O)c1cccs1)c1ncc[nH]1. The molecule has 0 aliphatic rings. The van der Waals surface area contributed by atoms with E-state index < -0.39 is 10.0 Å². The molecule has 0 aliphatic heterocycles. The topological polar surface area (TPSA) is 104 Å². The summed E-state index contributed by atoms with van der Waals surface area (Å²) in [5, 5.41) is 4.43. The Bertz CT molecular complexity index is 665. The number of aromatic amines is 1. The van der Waals surface area contributed by atoms with Crippen LogP contribution in [0.3, 0.4) is 0 Å². The lowest BCUT2D eigenvalue weighted by Gasteiger charge is -2.11. The van der Waals surface area contributed by atoms with Crippen LogP contribution in [-0.4, -0.2) is 30.8 Å². The van der Waals surface area contributed by atoms with Gasteiger partial charge in [-0.25, -0.2) is 18.1 Å². The monoisotopic (exact) mass is 328 g/mol. The Balaban J connectivity index is 1.77. The van der Waals surface area contributed by atoms with Crippen molar-refractivity contribution in [1.29, 1.82) is 0 Å². The summed E-state index contributed by atoms with van der Waals surface area (Å²) in [5.41, 5.74) is 0. The Hall–Kier alpha value is -1.71. The number of imidazole rings is 1. The smallest absolute Gasteiger partial charge is 0.250 e. The van der Waals surface area contributed by atoms with Crippen molar-refractivity contribution in [3.05, 3.63) is 35.7 Å². The lowest BCUT2D eigenvalue weighted by atomic mass is 10.3. The van der Waals surface area contributed by atoms with E-state index in [1.54, 1.807) is 30.8 Å². The second-order valence-corrected chi connectivity index (χ2v) is 7.28. The fourth-order valence-corrected chi connectivity index (χ4v) is 3.75. The molecule has 0 aliphatic carbocycles. The van der Waals surface area contributed by atoms with Crippen molar-refractivity contribution >= 4 is 27.3 Å². The van der Waals surface area contributed by atoms with Gasteiger partial charge < -0.3 is 10.3 Å². The molecule has 114 valence electrons. The number of hydrogen-bond acceptors (Lipinski definition) is 5. The molecule has 2 aromatic rings. The van der Waals surface area contributed by atoms with Crippen molar-refractivity contribution in [2.45, 2.75) is 23.6 Å². The molecule has 1 amide bonds. The molecule has 2 heterocycles. The Labute approximate surface area is 126 Å². The van der Waals surface area contributed by atoms with E-state index in [0.29, 0.717) is 5.82 Å². The zero-order valence-corrected chi connectivity index (χ0v) is 13.0. The van der Waals surface area contributed by atoms with Gasteiger partial charge in [-0.15, -0.1) is 11.3 Å². The third kappa shape index (κ3) is 4.38. The number of thiophene rings is 1. The van der Waals surface area contributed by atoms with Gasteiger partial charge in [0.2, 0.25) is 15.9 Å². The van der Waals surface area contributed by atoms with Crippen molar-refractivity contribution in [1.82, 2.24) is 20.0 Å². The van der Waals surface area contributed by atoms with Crippen LogP contribution in [0, 0.1) is 0 Å². The average molecular weight is 328 g/mol. The van der Waals surface area contributed by atoms with Gasteiger partial charge >= 0.3 is 0 Å². The van der Waals surface area contributed by atoms with Gasteiger partial charge in [0.1, 0.15) is 10.0 Å². The molecule has 1 atom stereocenters. The molecule has 2 aromatic heterocycles. The predicted molar refractivity (Wildman–Crippen MR) is 79.3 cm³/mol. The molecule has 2 rings (SSSR count). The van der Waals surface area contributed by atoms with Crippen molar-refractivity contribution < 1.29 is 13.2 Å². The number of carbonyl (C=O) groups is 1. The number of nitrogens with one attached hydrogen (secondary N) is 3. The second kappa shape index (κ2) is 6.83. The second-order valence-electron chi connectivity index (χ2n) is 4.34. The number of nitrogens with zero attached hydrogens (tertiary/aromatic N) is 1. The van der Waals surface area contributed by atoms with Gasteiger partial charge in [0.05, 0.1) is 6.04 Å². The van der Waals surface area contributed by atoms with E-state index in [2.05, 4.69) is 20.0 Å². The fourth-order valence-electron chi connectivity index (χ4n) is 1.68. The summed E-state index contributed by atoms with van der Waals surface area (Å²) in [6.45, 7) is 1.85. The van der Waals surface area contributed by atoms with Crippen LogP contribution in [0.2, 0.25) is 0 Å². The number of hydrogen-bond donors (Lipinski definition) is 3. The quantitative estimate of drug-likeness (QED) is 0.706. The van der Waals surface area contributed by atoms with Gasteiger partial charge in [0, 0.05) is 25.4 Å². The van der Waals surface area contributed by atoms with E-state index >= 15 is 0 Å². The summed E-state index contributed by atoms with van der Waals surface area (Å²) < 4.78 is 26.3. The zero-order valence-electron chi connectivity index (χ0n) is 11.4. The van der Waals surface area contributed by atoms with Crippen LogP contribution in [0.25, 0.3) is 0 Å². The minimum absolute atomic E-state index is 0.0525. The third-order valence-corrected chi connectivity index (χ3v) is 5.57. The summed E-state index contributed by atoms with van der Waals surface area (Å²) in [6.07, 6.45) is 3.34. The maximum Gasteiger partial charge on any atom is 0.250 e. The molecule has 0 spiro atoms. The molecule has 1 unspecified atom stereocenters. The van der Waals surface area contributed by atoms with Crippen molar-refractivity contribution in [3.63, 3.8) is 0 Å². The molecule has 0 radical (unpaired) electrons. The highest BCUT2D eigenvalue weighted by Crippen LogP contribution is 2.15. The van der Waals surface area contributed by atoms with E-state index in [1.165, 1.54) is 6.07 Å². The van der Waals surface area contributed by atoms with Gasteiger partial charge in [-0.05, 0) is 18.4 Å². The minimum Gasteiger partial charge on any atom is -0.347 e. The normalized spacial score (nSPS) is 13.0. The Morgan fingerprint density at radius 2 is 2.33 bits per heavy atom. The third-order valence-electron chi connectivity index (χ3n) is 2.71. The maximum absolute atomic E-state index is 11.8. The molecule has 9 heteroatoms.